The van der Waals surface area contributed by atoms with Gasteiger partial charge in [0, 0.05) is 30.9 Å². The molecule has 1 amide bonds. The lowest BCUT2D eigenvalue weighted by Crippen LogP contribution is -2.36. The van der Waals surface area contributed by atoms with Gasteiger partial charge in [-0.25, -0.2) is 17.5 Å². The molecule has 0 bridgehead atoms. The van der Waals surface area contributed by atoms with Crippen LogP contribution in [0.3, 0.4) is 0 Å². The molecular formula is C21H18F4N2O5S. The quantitative estimate of drug-likeness (QED) is 0.525. The number of nitrogens with one attached hydrogen (secondary N) is 1. The number of sulfonamides is 1. The number of carbonyl (C=O) groups is 1. The van der Waals surface area contributed by atoms with E-state index in [0.717, 1.165) is 44.6 Å². The predicted octanol–water partition coefficient (Wildman–Crippen LogP) is 4.23. The smallest absolute Gasteiger partial charge is 0.425 e. The first-order valence-electron chi connectivity index (χ1n) is 9.83. The third kappa shape index (κ3) is 4.61. The van der Waals surface area contributed by atoms with Crippen molar-refractivity contribution in [3.8, 4) is 5.75 Å². The number of para-hydroxylation sites is 1. The van der Waals surface area contributed by atoms with Crippen LogP contribution in [0, 0.1) is 5.82 Å². The molecule has 3 aromatic rings. The van der Waals surface area contributed by atoms with Crippen LogP contribution >= 0.6 is 0 Å². The average molecular weight is 486 g/mol. The number of hydrogen-bond acceptors (Lipinski definition) is 6. The standard InChI is InChI=1S/C21H18F4N2O5S/c1-12(21(23,24)25)31-16-5-2-3-6-19(16)33(29,30)26-20(28)18-11-14-15(22)9-13(10-17(14)32-18)27-7-4-8-27/h2-3,5-6,9-12H,4,7-8H2,1H3,(H,26,28)/t12-/m1/s1. The van der Waals surface area contributed by atoms with Gasteiger partial charge in [0.2, 0.25) is 0 Å². The number of rotatable bonds is 6. The molecule has 0 spiro atoms. The average Bonchev–Trinajstić information content (AvgIpc) is 3.11. The van der Waals surface area contributed by atoms with Crippen LogP contribution in [0.15, 0.2) is 51.8 Å². The topological polar surface area (TPSA) is 88.8 Å². The molecule has 33 heavy (non-hydrogen) atoms. The van der Waals surface area contributed by atoms with Crippen LogP contribution in [0.25, 0.3) is 11.0 Å². The fourth-order valence-electron chi connectivity index (χ4n) is 3.21. The third-order valence-electron chi connectivity index (χ3n) is 5.15. The van der Waals surface area contributed by atoms with E-state index < -0.39 is 50.4 Å². The summed E-state index contributed by atoms with van der Waals surface area (Å²) >= 11 is 0. The number of anilines is 1. The van der Waals surface area contributed by atoms with Gasteiger partial charge in [-0.05, 0) is 31.5 Å². The molecular weight excluding hydrogens is 468 g/mol. The number of carbonyl (C=O) groups excluding carboxylic acids is 1. The summed E-state index contributed by atoms with van der Waals surface area (Å²) in [5.41, 5.74) is 0.632. The van der Waals surface area contributed by atoms with Crippen LogP contribution in [0.2, 0.25) is 0 Å². The summed E-state index contributed by atoms with van der Waals surface area (Å²) in [6.07, 6.45) is -6.05. The lowest BCUT2D eigenvalue weighted by molar-refractivity contribution is -0.189. The first-order valence-corrected chi connectivity index (χ1v) is 11.3. The second-order valence-electron chi connectivity index (χ2n) is 7.47. The summed E-state index contributed by atoms with van der Waals surface area (Å²) in [7, 11) is -4.65. The maximum atomic E-state index is 14.5. The van der Waals surface area contributed by atoms with Crippen LogP contribution in [-0.2, 0) is 10.0 Å². The van der Waals surface area contributed by atoms with Crippen molar-refractivity contribution in [3.05, 3.63) is 54.0 Å². The van der Waals surface area contributed by atoms with Crippen LogP contribution in [-0.4, -0.2) is 39.7 Å². The summed E-state index contributed by atoms with van der Waals surface area (Å²) < 4.78 is 90.3. The lowest BCUT2D eigenvalue weighted by Gasteiger charge is -2.33. The molecule has 4 rings (SSSR count). The number of halogens is 4. The number of amides is 1. The first-order chi connectivity index (χ1) is 15.5. The summed E-state index contributed by atoms with van der Waals surface area (Å²) in [5, 5.41) is -0.00967. The van der Waals surface area contributed by atoms with Crippen molar-refractivity contribution in [2.24, 2.45) is 0 Å². The second-order valence-corrected chi connectivity index (χ2v) is 9.12. The van der Waals surface area contributed by atoms with Crippen LogP contribution in [0.4, 0.5) is 23.2 Å². The largest absolute Gasteiger partial charge is 0.480 e. The zero-order chi connectivity index (χ0) is 24.0. The fourth-order valence-corrected chi connectivity index (χ4v) is 4.30. The molecule has 1 fully saturated rings. The Bertz CT molecular complexity index is 1320. The van der Waals surface area contributed by atoms with E-state index >= 15 is 0 Å². The highest BCUT2D eigenvalue weighted by molar-refractivity contribution is 7.90. The van der Waals surface area contributed by atoms with E-state index in [4.69, 9.17) is 9.15 Å². The van der Waals surface area contributed by atoms with Gasteiger partial charge in [0.05, 0.1) is 5.39 Å². The van der Waals surface area contributed by atoms with E-state index in [2.05, 4.69) is 0 Å². The molecule has 7 nitrogen and oxygen atoms in total. The van der Waals surface area contributed by atoms with Gasteiger partial charge >= 0.3 is 12.1 Å². The number of fused-ring (bicyclic) bond motifs is 1. The monoisotopic (exact) mass is 486 g/mol. The van der Waals surface area contributed by atoms with Gasteiger partial charge in [-0.3, -0.25) is 4.79 Å². The van der Waals surface area contributed by atoms with Crippen molar-refractivity contribution >= 4 is 32.6 Å². The molecule has 1 aliphatic rings. The molecule has 2 heterocycles. The first kappa shape index (κ1) is 22.9. The van der Waals surface area contributed by atoms with Crippen molar-refractivity contribution in [1.29, 1.82) is 0 Å². The number of hydrogen-bond donors (Lipinski definition) is 1. The molecule has 0 radical (unpaired) electrons. The van der Waals surface area contributed by atoms with Gasteiger partial charge in [-0.2, -0.15) is 13.2 Å². The maximum absolute atomic E-state index is 14.5. The molecule has 12 heteroatoms. The summed E-state index contributed by atoms with van der Waals surface area (Å²) in [6, 6.07) is 8.48. The number of furan rings is 1. The van der Waals surface area contributed by atoms with E-state index in [1.54, 1.807) is 10.8 Å². The fraction of sp³-hybridized carbons (Fsp3) is 0.286. The Morgan fingerprint density at radius 2 is 1.88 bits per heavy atom. The summed E-state index contributed by atoms with van der Waals surface area (Å²) in [5.74, 6) is -2.91. The molecule has 1 aliphatic heterocycles. The van der Waals surface area contributed by atoms with Crippen LogP contribution in [0.1, 0.15) is 23.9 Å². The van der Waals surface area contributed by atoms with E-state index in [0.29, 0.717) is 5.69 Å². The van der Waals surface area contributed by atoms with Gasteiger partial charge in [0.15, 0.2) is 11.9 Å². The van der Waals surface area contributed by atoms with Gasteiger partial charge in [-0.15, -0.1) is 0 Å². The van der Waals surface area contributed by atoms with Crippen LogP contribution < -0.4 is 14.4 Å². The Morgan fingerprint density at radius 1 is 1.18 bits per heavy atom. The minimum Gasteiger partial charge on any atom is -0.480 e. The highest BCUT2D eigenvalue weighted by atomic mass is 32.2. The van der Waals surface area contributed by atoms with E-state index in [-0.39, 0.29) is 11.0 Å². The van der Waals surface area contributed by atoms with Crippen LogP contribution in [0.5, 0.6) is 5.75 Å². The molecule has 0 aliphatic carbocycles. The SMILES string of the molecule is C[C@@H](Oc1ccccc1S(=O)(=O)NC(=O)c1cc2c(F)cc(N3CCC3)cc2o1)C(F)(F)F. The Hall–Kier alpha value is -3.28. The van der Waals surface area contributed by atoms with Crippen molar-refractivity contribution < 1.29 is 39.9 Å². The molecule has 0 unspecified atom stereocenters. The van der Waals surface area contributed by atoms with Crippen molar-refractivity contribution in [2.45, 2.75) is 30.5 Å². The molecule has 1 saturated heterocycles. The van der Waals surface area contributed by atoms with Gasteiger partial charge < -0.3 is 14.1 Å². The Kier molecular flexibility index (Phi) is 5.72. The highest BCUT2D eigenvalue weighted by Gasteiger charge is 2.39. The predicted molar refractivity (Wildman–Crippen MR) is 110 cm³/mol. The maximum Gasteiger partial charge on any atom is 0.425 e. The number of nitrogens with zero attached hydrogens (tertiary/aromatic N) is 1. The molecule has 2 aromatic carbocycles. The number of alkyl halides is 3. The number of ether oxygens (including phenoxy) is 1. The third-order valence-corrected chi connectivity index (χ3v) is 6.52. The van der Waals surface area contributed by atoms with Gasteiger partial charge in [0.1, 0.15) is 22.0 Å². The molecule has 1 N–H and O–H groups in total. The van der Waals surface area contributed by atoms with Crippen molar-refractivity contribution in [2.75, 3.05) is 18.0 Å². The summed E-state index contributed by atoms with van der Waals surface area (Å²) in [6.45, 7) is 2.23. The normalized spacial score (nSPS) is 15.2. The second kappa shape index (κ2) is 8.25. The Morgan fingerprint density at radius 3 is 2.52 bits per heavy atom. The minimum atomic E-state index is -4.73. The highest BCUT2D eigenvalue weighted by Crippen LogP contribution is 2.32. The lowest BCUT2D eigenvalue weighted by atomic mass is 10.1. The van der Waals surface area contributed by atoms with Gasteiger partial charge in [-0.1, -0.05) is 12.1 Å². The molecule has 1 atom stereocenters. The van der Waals surface area contributed by atoms with Gasteiger partial charge in [0.25, 0.3) is 10.0 Å². The molecule has 176 valence electrons. The molecule has 1 aromatic heterocycles. The van der Waals surface area contributed by atoms with E-state index in [9.17, 15) is 30.8 Å². The van der Waals surface area contributed by atoms with E-state index in [1.165, 1.54) is 18.2 Å². The molecule has 0 saturated carbocycles. The van der Waals surface area contributed by atoms with E-state index in [1.807, 2.05) is 4.90 Å². The number of benzene rings is 2. The zero-order valence-electron chi connectivity index (χ0n) is 17.1. The summed E-state index contributed by atoms with van der Waals surface area (Å²) in [4.78, 5) is 13.8. The Labute approximate surface area is 186 Å². The van der Waals surface area contributed by atoms with Crippen molar-refractivity contribution in [1.82, 2.24) is 4.72 Å². The minimum absolute atomic E-state index is 0.00967. The zero-order valence-corrected chi connectivity index (χ0v) is 18.0. The Balaban J connectivity index is 1.60. The van der Waals surface area contributed by atoms with Crippen molar-refractivity contribution in [3.63, 3.8) is 0 Å².